The second-order valence-electron chi connectivity index (χ2n) is 7.67. The number of aromatic nitrogens is 2. The second-order valence-corrected chi connectivity index (χ2v) is 8.10. The van der Waals surface area contributed by atoms with E-state index < -0.39 is 0 Å². The van der Waals surface area contributed by atoms with Crippen molar-refractivity contribution in [2.45, 2.75) is 0 Å². The number of nitrogens with one attached hydrogen (secondary N) is 1. The Morgan fingerprint density at radius 3 is 2.28 bits per heavy atom. The van der Waals surface area contributed by atoms with Crippen molar-refractivity contribution in [3.8, 4) is 22.3 Å². The van der Waals surface area contributed by atoms with Crippen molar-refractivity contribution >= 4 is 28.3 Å². The molecular formula is C24H23ClN4. The van der Waals surface area contributed by atoms with Gasteiger partial charge in [-0.05, 0) is 48.5 Å². The van der Waals surface area contributed by atoms with Gasteiger partial charge in [0.1, 0.15) is 5.65 Å². The summed E-state index contributed by atoms with van der Waals surface area (Å²) in [5, 5.41) is 1.86. The lowest BCUT2D eigenvalue weighted by molar-refractivity contribution is 0.313. The number of H-pyrrole nitrogens is 1. The summed E-state index contributed by atoms with van der Waals surface area (Å²) in [5.41, 5.74) is 6.76. The number of piperazine rings is 1. The largest absolute Gasteiger partial charge is 0.369 e. The van der Waals surface area contributed by atoms with Gasteiger partial charge in [-0.2, -0.15) is 0 Å². The Kier molecular flexibility index (Phi) is 4.74. The predicted octanol–water partition coefficient (Wildman–Crippen LogP) is 5.30. The number of hydrogen-bond donors (Lipinski definition) is 1. The number of halogens is 1. The van der Waals surface area contributed by atoms with Crippen LogP contribution in [-0.2, 0) is 0 Å². The molecule has 1 N–H and O–H groups in total. The first-order chi connectivity index (χ1) is 14.2. The Balaban J connectivity index is 1.46. The van der Waals surface area contributed by atoms with Gasteiger partial charge in [-0.3, -0.25) is 0 Å². The van der Waals surface area contributed by atoms with Gasteiger partial charge in [0.15, 0.2) is 0 Å². The fraction of sp³-hybridized carbons (Fsp3) is 0.208. The molecule has 0 unspecified atom stereocenters. The smallest absolute Gasteiger partial charge is 0.137 e. The van der Waals surface area contributed by atoms with Crippen LogP contribution in [0.4, 0.5) is 5.69 Å². The summed E-state index contributed by atoms with van der Waals surface area (Å²) in [4.78, 5) is 12.8. The molecule has 3 heterocycles. The highest BCUT2D eigenvalue weighted by Gasteiger charge is 2.14. The van der Waals surface area contributed by atoms with Crippen LogP contribution < -0.4 is 4.90 Å². The average molecular weight is 403 g/mol. The minimum atomic E-state index is 0.743. The molecule has 5 rings (SSSR count). The number of likely N-dealkylation sites (N-methyl/N-ethyl adjacent to an activating group) is 1. The maximum atomic E-state index is 6.05. The number of fused-ring (bicyclic) bond motifs is 1. The molecule has 0 radical (unpaired) electrons. The standard InChI is InChI=1S/C24H23ClN4/c1-28-10-12-29(13-11-28)21-8-4-17(5-9-21)19-14-22-23(16-27-24(22)26-15-19)18-2-6-20(25)7-3-18/h2-9,14-16H,10-13H2,1H3,(H,26,27). The molecule has 1 aliphatic heterocycles. The normalized spacial score (nSPS) is 15.2. The van der Waals surface area contributed by atoms with Crippen molar-refractivity contribution in [2.75, 3.05) is 38.1 Å². The van der Waals surface area contributed by atoms with Gasteiger partial charge in [0.05, 0.1) is 0 Å². The molecule has 5 heteroatoms. The van der Waals surface area contributed by atoms with Gasteiger partial charge >= 0.3 is 0 Å². The molecule has 4 aromatic rings. The van der Waals surface area contributed by atoms with E-state index in [4.69, 9.17) is 11.6 Å². The molecule has 29 heavy (non-hydrogen) atoms. The summed E-state index contributed by atoms with van der Waals surface area (Å²) >= 11 is 6.05. The van der Waals surface area contributed by atoms with Crippen LogP contribution in [-0.4, -0.2) is 48.1 Å². The Labute approximate surface area is 175 Å². The summed E-state index contributed by atoms with van der Waals surface area (Å²) in [7, 11) is 2.18. The molecule has 0 saturated carbocycles. The van der Waals surface area contributed by atoms with E-state index in [9.17, 15) is 0 Å². The monoisotopic (exact) mass is 402 g/mol. The number of hydrogen-bond acceptors (Lipinski definition) is 3. The maximum Gasteiger partial charge on any atom is 0.137 e. The van der Waals surface area contributed by atoms with Crippen LogP contribution in [0.5, 0.6) is 0 Å². The number of rotatable bonds is 3. The second kappa shape index (κ2) is 7.54. The first-order valence-electron chi connectivity index (χ1n) is 9.94. The Morgan fingerprint density at radius 2 is 1.55 bits per heavy atom. The quantitative estimate of drug-likeness (QED) is 0.505. The zero-order chi connectivity index (χ0) is 19.8. The summed E-state index contributed by atoms with van der Waals surface area (Å²) in [6, 6.07) is 19.0. The zero-order valence-electron chi connectivity index (χ0n) is 16.4. The molecule has 0 bridgehead atoms. The van der Waals surface area contributed by atoms with Crippen molar-refractivity contribution in [1.82, 2.24) is 14.9 Å². The van der Waals surface area contributed by atoms with E-state index in [1.807, 2.05) is 36.7 Å². The van der Waals surface area contributed by atoms with Crippen molar-refractivity contribution < 1.29 is 0 Å². The van der Waals surface area contributed by atoms with Crippen LogP contribution in [0.1, 0.15) is 0 Å². The highest BCUT2D eigenvalue weighted by Crippen LogP contribution is 2.32. The highest BCUT2D eigenvalue weighted by molar-refractivity contribution is 6.30. The van der Waals surface area contributed by atoms with Crippen molar-refractivity contribution in [1.29, 1.82) is 0 Å². The first-order valence-corrected chi connectivity index (χ1v) is 10.3. The topological polar surface area (TPSA) is 35.2 Å². The number of nitrogens with zero attached hydrogens (tertiary/aromatic N) is 3. The number of anilines is 1. The molecular weight excluding hydrogens is 380 g/mol. The minimum Gasteiger partial charge on any atom is -0.369 e. The molecule has 0 aliphatic carbocycles. The van der Waals surface area contributed by atoms with Gasteiger partial charge in [0.2, 0.25) is 0 Å². The lowest BCUT2D eigenvalue weighted by atomic mass is 10.0. The molecule has 0 amide bonds. The van der Waals surface area contributed by atoms with Crippen molar-refractivity contribution in [3.05, 3.63) is 72.0 Å². The molecule has 1 aliphatic rings. The Hall–Kier alpha value is -2.82. The van der Waals surface area contributed by atoms with E-state index in [2.05, 4.69) is 57.1 Å². The average Bonchev–Trinajstić information content (AvgIpc) is 3.18. The molecule has 2 aromatic heterocycles. The van der Waals surface area contributed by atoms with E-state index >= 15 is 0 Å². The van der Waals surface area contributed by atoms with E-state index in [1.54, 1.807) is 0 Å². The molecule has 0 spiro atoms. The van der Waals surface area contributed by atoms with E-state index in [0.717, 1.165) is 58.9 Å². The van der Waals surface area contributed by atoms with Crippen LogP contribution in [0.2, 0.25) is 5.02 Å². The maximum absolute atomic E-state index is 6.05. The Bertz CT molecular complexity index is 1120. The molecule has 4 nitrogen and oxygen atoms in total. The van der Waals surface area contributed by atoms with Crippen LogP contribution in [0.25, 0.3) is 33.3 Å². The van der Waals surface area contributed by atoms with E-state index in [-0.39, 0.29) is 0 Å². The van der Waals surface area contributed by atoms with Gasteiger partial charge in [-0.15, -0.1) is 0 Å². The van der Waals surface area contributed by atoms with Gasteiger partial charge in [0.25, 0.3) is 0 Å². The highest BCUT2D eigenvalue weighted by atomic mass is 35.5. The lowest BCUT2D eigenvalue weighted by Gasteiger charge is -2.34. The summed E-state index contributed by atoms with van der Waals surface area (Å²) in [6.07, 6.45) is 3.95. The Morgan fingerprint density at radius 1 is 0.862 bits per heavy atom. The molecule has 0 atom stereocenters. The van der Waals surface area contributed by atoms with Gasteiger partial charge in [0, 0.05) is 65.8 Å². The number of aromatic amines is 1. The fourth-order valence-electron chi connectivity index (χ4n) is 3.96. The molecule has 146 valence electrons. The SMILES string of the molecule is CN1CCN(c2ccc(-c3cnc4[nH]cc(-c5ccc(Cl)cc5)c4c3)cc2)CC1. The first kappa shape index (κ1) is 18.2. The van der Waals surface area contributed by atoms with Crippen molar-refractivity contribution in [2.24, 2.45) is 0 Å². The van der Waals surface area contributed by atoms with Gasteiger partial charge in [-0.1, -0.05) is 35.9 Å². The third-order valence-corrected chi connectivity index (χ3v) is 6.01. The summed E-state index contributed by atoms with van der Waals surface area (Å²) < 4.78 is 0. The zero-order valence-corrected chi connectivity index (χ0v) is 17.2. The fourth-order valence-corrected chi connectivity index (χ4v) is 4.08. The molecule has 2 aromatic carbocycles. The third-order valence-electron chi connectivity index (χ3n) is 5.76. The van der Waals surface area contributed by atoms with Crippen LogP contribution in [0.15, 0.2) is 67.0 Å². The molecule has 1 saturated heterocycles. The van der Waals surface area contributed by atoms with Crippen LogP contribution in [0.3, 0.4) is 0 Å². The molecule has 1 fully saturated rings. The van der Waals surface area contributed by atoms with Crippen LogP contribution >= 0.6 is 11.6 Å². The summed E-state index contributed by atoms with van der Waals surface area (Å²) in [6.45, 7) is 4.39. The van der Waals surface area contributed by atoms with E-state index in [1.165, 1.54) is 11.3 Å². The summed E-state index contributed by atoms with van der Waals surface area (Å²) in [5.74, 6) is 0. The lowest BCUT2D eigenvalue weighted by Crippen LogP contribution is -2.44. The predicted molar refractivity (Wildman–Crippen MR) is 122 cm³/mol. The van der Waals surface area contributed by atoms with Gasteiger partial charge in [-0.25, -0.2) is 4.98 Å². The van der Waals surface area contributed by atoms with Crippen LogP contribution in [0, 0.1) is 0 Å². The van der Waals surface area contributed by atoms with Gasteiger partial charge < -0.3 is 14.8 Å². The third kappa shape index (κ3) is 3.61. The number of benzene rings is 2. The van der Waals surface area contributed by atoms with Crippen molar-refractivity contribution in [3.63, 3.8) is 0 Å². The number of pyridine rings is 1. The van der Waals surface area contributed by atoms with E-state index in [0.29, 0.717) is 0 Å². The minimum absolute atomic E-state index is 0.743.